The molecule has 2 amide bonds. The quantitative estimate of drug-likeness (QED) is 0.116. The van der Waals surface area contributed by atoms with E-state index in [2.05, 4.69) is 110 Å². The first-order valence-corrected chi connectivity index (χ1v) is 17.9. The first kappa shape index (κ1) is 36.3. The highest BCUT2D eigenvalue weighted by atomic mass is 16.5. The monoisotopic (exact) mass is 673 g/mol. The van der Waals surface area contributed by atoms with Crippen molar-refractivity contribution >= 4 is 28.4 Å². The van der Waals surface area contributed by atoms with Gasteiger partial charge in [-0.15, -0.1) is 0 Å². The zero-order valence-electron chi connectivity index (χ0n) is 30.3. The zero-order chi connectivity index (χ0) is 35.6. The van der Waals surface area contributed by atoms with Crippen LogP contribution in [0.3, 0.4) is 0 Å². The standard InChI is InChI=1S/C42H51N5O3/c1-7-9-21-47(38-27-33-18-14-20-43-40(33)45-41(38)48)42(49)44-39-36(29(3)4)25-34(26-37(39)30(5)6)32-17-13-19-35(24-32)50-23-22-46(8-2)28-31-15-11-10-12-16-31/h10-20,24-27,29-30H,7-9,21-23,28H2,1-6H3,(H,44,49)(H,43,45,48). The Balaban J connectivity index is 1.40. The van der Waals surface area contributed by atoms with E-state index >= 15 is 0 Å². The number of likely N-dealkylation sites (N-methyl/N-ethyl adjacent to an activating group) is 1. The average Bonchev–Trinajstić information content (AvgIpc) is 3.11. The number of benzene rings is 3. The number of rotatable bonds is 15. The summed E-state index contributed by atoms with van der Waals surface area (Å²) in [5, 5.41) is 4.04. The van der Waals surface area contributed by atoms with Gasteiger partial charge < -0.3 is 15.0 Å². The molecular weight excluding hydrogens is 622 g/mol. The number of hydrogen-bond acceptors (Lipinski definition) is 5. The van der Waals surface area contributed by atoms with Gasteiger partial charge >= 0.3 is 6.03 Å². The molecule has 50 heavy (non-hydrogen) atoms. The number of unbranched alkanes of at least 4 members (excludes halogenated alkanes) is 1. The summed E-state index contributed by atoms with van der Waals surface area (Å²) in [7, 11) is 0. The van der Waals surface area contributed by atoms with Gasteiger partial charge in [0.05, 0.1) is 0 Å². The summed E-state index contributed by atoms with van der Waals surface area (Å²) in [5.41, 5.74) is 6.77. The molecule has 0 saturated heterocycles. The van der Waals surface area contributed by atoms with Crippen LogP contribution in [0.2, 0.25) is 0 Å². The third-order valence-electron chi connectivity index (χ3n) is 9.08. The second-order valence-electron chi connectivity index (χ2n) is 13.4. The summed E-state index contributed by atoms with van der Waals surface area (Å²) in [5.74, 6) is 1.09. The molecule has 0 aliphatic rings. The number of amides is 2. The lowest BCUT2D eigenvalue weighted by Gasteiger charge is -2.27. The van der Waals surface area contributed by atoms with E-state index in [1.165, 1.54) is 5.56 Å². The molecule has 0 aliphatic heterocycles. The summed E-state index contributed by atoms with van der Waals surface area (Å²) in [6, 6.07) is 28.3. The number of H-pyrrole nitrogens is 1. The Labute approximate surface area is 296 Å². The van der Waals surface area contributed by atoms with Gasteiger partial charge in [-0.05, 0) is 95.1 Å². The van der Waals surface area contributed by atoms with Crippen molar-refractivity contribution < 1.29 is 9.53 Å². The maximum absolute atomic E-state index is 14.2. The molecule has 5 aromatic rings. The van der Waals surface area contributed by atoms with Gasteiger partial charge in [0.25, 0.3) is 5.56 Å². The predicted octanol–water partition coefficient (Wildman–Crippen LogP) is 9.58. The minimum Gasteiger partial charge on any atom is -0.492 e. The molecule has 8 nitrogen and oxygen atoms in total. The second-order valence-corrected chi connectivity index (χ2v) is 13.4. The first-order chi connectivity index (χ1) is 24.2. The molecule has 2 aromatic heterocycles. The molecule has 0 saturated carbocycles. The van der Waals surface area contributed by atoms with Crippen LogP contribution in [0.1, 0.15) is 82.9 Å². The van der Waals surface area contributed by atoms with E-state index in [-0.39, 0.29) is 23.4 Å². The van der Waals surface area contributed by atoms with Crippen molar-refractivity contribution in [2.75, 3.05) is 36.5 Å². The van der Waals surface area contributed by atoms with Gasteiger partial charge in [-0.2, -0.15) is 0 Å². The lowest BCUT2D eigenvalue weighted by Crippen LogP contribution is -2.39. The summed E-state index contributed by atoms with van der Waals surface area (Å²) in [6.07, 6.45) is 3.28. The number of ether oxygens (including phenoxy) is 1. The van der Waals surface area contributed by atoms with Crippen molar-refractivity contribution in [3.63, 3.8) is 0 Å². The van der Waals surface area contributed by atoms with Crippen molar-refractivity contribution in [3.05, 3.63) is 118 Å². The second kappa shape index (κ2) is 17.1. The van der Waals surface area contributed by atoms with Crippen LogP contribution in [0, 0.1) is 0 Å². The third kappa shape index (κ3) is 8.98. The van der Waals surface area contributed by atoms with E-state index in [9.17, 15) is 9.59 Å². The fraction of sp³-hybridized carbons (Fsp3) is 0.357. The number of fused-ring (bicyclic) bond motifs is 1. The molecule has 2 N–H and O–H groups in total. The Morgan fingerprint density at radius 1 is 0.860 bits per heavy atom. The minimum absolute atomic E-state index is 0.131. The van der Waals surface area contributed by atoms with Crippen LogP contribution in [-0.2, 0) is 6.54 Å². The number of aromatic nitrogens is 2. The number of pyridine rings is 2. The molecule has 0 spiro atoms. The molecule has 8 heteroatoms. The maximum atomic E-state index is 14.2. The Morgan fingerprint density at radius 2 is 1.60 bits per heavy atom. The Morgan fingerprint density at radius 3 is 2.28 bits per heavy atom. The van der Waals surface area contributed by atoms with E-state index in [4.69, 9.17) is 4.74 Å². The van der Waals surface area contributed by atoms with Gasteiger partial charge in [-0.3, -0.25) is 14.6 Å². The van der Waals surface area contributed by atoms with E-state index < -0.39 is 0 Å². The Hall–Kier alpha value is -4.95. The van der Waals surface area contributed by atoms with Crippen LogP contribution < -0.4 is 20.5 Å². The fourth-order valence-corrected chi connectivity index (χ4v) is 6.20. The molecule has 0 radical (unpaired) electrons. The van der Waals surface area contributed by atoms with E-state index in [0.29, 0.717) is 24.5 Å². The number of carbonyl (C=O) groups is 1. The number of aromatic amines is 1. The molecule has 3 aromatic carbocycles. The minimum atomic E-state index is -0.341. The van der Waals surface area contributed by atoms with Gasteiger partial charge in [0, 0.05) is 36.9 Å². The highest BCUT2D eigenvalue weighted by molar-refractivity contribution is 6.03. The van der Waals surface area contributed by atoms with Crippen LogP contribution in [0.4, 0.5) is 16.2 Å². The maximum Gasteiger partial charge on any atom is 0.326 e. The molecule has 2 heterocycles. The smallest absolute Gasteiger partial charge is 0.326 e. The van der Waals surface area contributed by atoms with Crippen molar-refractivity contribution in [3.8, 4) is 16.9 Å². The third-order valence-corrected chi connectivity index (χ3v) is 9.08. The zero-order valence-corrected chi connectivity index (χ0v) is 30.3. The summed E-state index contributed by atoms with van der Waals surface area (Å²) in [6.45, 7) is 16.5. The van der Waals surface area contributed by atoms with Crippen LogP contribution in [0.15, 0.2) is 95.9 Å². The number of urea groups is 1. The lowest BCUT2D eigenvalue weighted by molar-refractivity contribution is 0.210. The van der Waals surface area contributed by atoms with Crippen LogP contribution in [-0.4, -0.2) is 47.1 Å². The number of nitrogens with zero attached hydrogens (tertiary/aromatic N) is 3. The highest BCUT2D eigenvalue weighted by Crippen LogP contribution is 2.38. The number of anilines is 2. The molecule has 0 aliphatic carbocycles. The Kier molecular flexibility index (Phi) is 12.4. The van der Waals surface area contributed by atoms with Crippen molar-refractivity contribution in [2.24, 2.45) is 0 Å². The molecule has 0 unspecified atom stereocenters. The van der Waals surface area contributed by atoms with Crippen LogP contribution in [0.25, 0.3) is 22.2 Å². The van der Waals surface area contributed by atoms with Crippen LogP contribution >= 0.6 is 0 Å². The van der Waals surface area contributed by atoms with E-state index in [1.807, 2.05) is 30.3 Å². The van der Waals surface area contributed by atoms with Gasteiger partial charge in [-0.1, -0.05) is 90.4 Å². The molecule has 0 atom stereocenters. The molecule has 262 valence electrons. The SMILES string of the molecule is CCCCN(C(=O)Nc1c(C(C)C)cc(-c2cccc(OCCN(CC)Cc3ccccc3)c2)cc1C(C)C)c1cc2cccnc2[nH]c1=O. The number of nitrogens with one attached hydrogen (secondary N) is 2. The largest absolute Gasteiger partial charge is 0.492 e. The van der Waals surface area contributed by atoms with Gasteiger partial charge in [0.15, 0.2) is 0 Å². The first-order valence-electron chi connectivity index (χ1n) is 17.9. The lowest BCUT2D eigenvalue weighted by atomic mass is 9.88. The molecular formula is C42H51N5O3. The van der Waals surface area contributed by atoms with E-state index in [0.717, 1.165) is 71.6 Å². The highest BCUT2D eigenvalue weighted by Gasteiger charge is 2.24. The number of hydrogen-bond donors (Lipinski definition) is 2. The number of carbonyl (C=O) groups excluding carboxylic acids is 1. The normalized spacial score (nSPS) is 11.5. The summed E-state index contributed by atoms with van der Waals surface area (Å²) >= 11 is 0. The Bertz CT molecular complexity index is 1910. The van der Waals surface area contributed by atoms with E-state index in [1.54, 1.807) is 17.2 Å². The van der Waals surface area contributed by atoms with Crippen molar-refractivity contribution in [1.29, 1.82) is 0 Å². The van der Waals surface area contributed by atoms with Crippen LogP contribution in [0.5, 0.6) is 5.75 Å². The topological polar surface area (TPSA) is 90.6 Å². The summed E-state index contributed by atoms with van der Waals surface area (Å²) < 4.78 is 6.27. The van der Waals surface area contributed by atoms with Crippen molar-refractivity contribution in [1.82, 2.24) is 14.9 Å². The van der Waals surface area contributed by atoms with Crippen molar-refractivity contribution in [2.45, 2.75) is 72.8 Å². The molecule has 0 fully saturated rings. The van der Waals surface area contributed by atoms with Gasteiger partial charge in [0.1, 0.15) is 23.7 Å². The fourth-order valence-electron chi connectivity index (χ4n) is 6.20. The molecule has 0 bridgehead atoms. The van der Waals surface area contributed by atoms with Gasteiger partial charge in [-0.25, -0.2) is 9.78 Å². The van der Waals surface area contributed by atoms with Gasteiger partial charge in [0.2, 0.25) is 0 Å². The molecule has 5 rings (SSSR count). The predicted molar refractivity (Wildman–Crippen MR) is 207 cm³/mol. The summed E-state index contributed by atoms with van der Waals surface area (Å²) in [4.78, 5) is 38.5. The average molecular weight is 674 g/mol.